The number of rotatable bonds is 5. The van der Waals surface area contributed by atoms with Crippen LogP contribution >= 0.6 is 11.3 Å². The lowest BCUT2D eigenvalue weighted by molar-refractivity contribution is 0.0899. The van der Waals surface area contributed by atoms with Gasteiger partial charge in [-0.25, -0.2) is 0 Å². The maximum Gasteiger partial charge on any atom is 0.287 e. The van der Waals surface area contributed by atoms with Crippen LogP contribution in [0.4, 0.5) is 0 Å². The van der Waals surface area contributed by atoms with E-state index in [-0.39, 0.29) is 23.1 Å². The van der Waals surface area contributed by atoms with E-state index in [1.54, 1.807) is 17.4 Å². The van der Waals surface area contributed by atoms with Gasteiger partial charge in [0.2, 0.25) is 0 Å². The molecular weight excluding hydrogens is 384 g/mol. The van der Waals surface area contributed by atoms with Gasteiger partial charge < -0.3 is 9.73 Å². The maximum atomic E-state index is 12.8. The van der Waals surface area contributed by atoms with Crippen LogP contribution in [-0.2, 0) is 0 Å². The Bertz CT molecular complexity index is 1070. The lowest BCUT2D eigenvalue weighted by atomic mass is 10.1. The quantitative estimate of drug-likeness (QED) is 0.676. The number of amides is 1. The molecule has 0 saturated carbocycles. The first-order valence-corrected chi connectivity index (χ1v) is 11.0. The molecule has 4 rings (SSSR count). The molecule has 1 saturated heterocycles. The number of hydrogen-bond acceptors (Lipinski definition) is 5. The number of likely N-dealkylation sites (tertiary alicyclic amines) is 1. The maximum absolute atomic E-state index is 12.8. The average Bonchev–Trinajstić information content (AvgIpc) is 3.26. The summed E-state index contributed by atoms with van der Waals surface area (Å²) in [4.78, 5) is 29.0. The molecule has 1 aliphatic rings. The van der Waals surface area contributed by atoms with Crippen molar-refractivity contribution in [1.82, 2.24) is 10.2 Å². The summed E-state index contributed by atoms with van der Waals surface area (Å²) in [6.07, 6.45) is 3.64. The molecule has 152 valence electrons. The van der Waals surface area contributed by atoms with Crippen LogP contribution in [0.15, 0.2) is 44.9 Å². The Kier molecular flexibility index (Phi) is 5.83. The number of benzene rings is 1. The van der Waals surface area contributed by atoms with E-state index in [1.807, 2.05) is 26.0 Å². The van der Waals surface area contributed by atoms with Crippen molar-refractivity contribution in [1.29, 1.82) is 0 Å². The van der Waals surface area contributed by atoms with Gasteiger partial charge in [-0.1, -0.05) is 18.6 Å². The highest BCUT2D eigenvalue weighted by Gasteiger charge is 2.24. The molecule has 1 N–H and O–H groups in total. The first-order valence-electron chi connectivity index (χ1n) is 10.1. The zero-order chi connectivity index (χ0) is 20.4. The fourth-order valence-corrected chi connectivity index (χ4v) is 4.82. The molecule has 0 bridgehead atoms. The van der Waals surface area contributed by atoms with Crippen molar-refractivity contribution in [2.45, 2.75) is 39.2 Å². The molecule has 29 heavy (non-hydrogen) atoms. The summed E-state index contributed by atoms with van der Waals surface area (Å²) in [5, 5.41) is 5.58. The second-order valence-electron chi connectivity index (χ2n) is 7.70. The summed E-state index contributed by atoms with van der Waals surface area (Å²) in [5.74, 6) is -0.275. The minimum atomic E-state index is -0.344. The number of piperidine rings is 1. The first kappa shape index (κ1) is 19.9. The average molecular weight is 411 g/mol. The third-order valence-corrected chi connectivity index (χ3v) is 6.77. The summed E-state index contributed by atoms with van der Waals surface area (Å²) < 4.78 is 5.86. The number of carbonyl (C=O) groups is 1. The molecule has 1 atom stereocenters. The molecule has 1 fully saturated rings. The van der Waals surface area contributed by atoms with Gasteiger partial charge in [0.05, 0.1) is 11.4 Å². The molecule has 5 nitrogen and oxygen atoms in total. The Balaban J connectivity index is 1.56. The monoisotopic (exact) mass is 410 g/mol. The second kappa shape index (κ2) is 8.51. The van der Waals surface area contributed by atoms with Crippen molar-refractivity contribution in [3.63, 3.8) is 0 Å². The van der Waals surface area contributed by atoms with E-state index < -0.39 is 0 Å². The van der Waals surface area contributed by atoms with Gasteiger partial charge in [-0.15, -0.1) is 11.3 Å². The molecule has 1 aliphatic heterocycles. The van der Waals surface area contributed by atoms with Gasteiger partial charge in [0.1, 0.15) is 5.58 Å². The zero-order valence-corrected chi connectivity index (χ0v) is 17.7. The first-order chi connectivity index (χ1) is 14.0. The van der Waals surface area contributed by atoms with Crippen molar-refractivity contribution in [3.05, 3.63) is 67.7 Å². The van der Waals surface area contributed by atoms with E-state index >= 15 is 0 Å². The number of nitrogens with one attached hydrogen (secondary N) is 1. The van der Waals surface area contributed by atoms with Crippen LogP contribution in [0.1, 0.15) is 51.9 Å². The molecule has 0 spiro atoms. The van der Waals surface area contributed by atoms with Crippen LogP contribution in [0, 0.1) is 13.8 Å². The molecular formula is C23H26N2O3S. The minimum absolute atomic E-state index is 0.0692. The Labute approximate surface area is 174 Å². The van der Waals surface area contributed by atoms with Crippen molar-refractivity contribution >= 4 is 28.2 Å². The van der Waals surface area contributed by atoms with Crippen molar-refractivity contribution in [2.24, 2.45) is 0 Å². The molecule has 0 radical (unpaired) electrons. The van der Waals surface area contributed by atoms with Crippen molar-refractivity contribution < 1.29 is 9.21 Å². The van der Waals surface area contributed by atoms with Gasteiger partial charge in [-0.05, 0) is 68.4 Å². The summed E-state index contributed by atoms with van der Waals surface area (Å²) >= 11 is 1.71. The molecule has 3 aromatic rings. The van der Waals surface area contributed by atoms with Gasteiger partial charge in [0, 0.05) is 17.5 Å². The molecule has 1 aromatic carbocycles. The van der Waals surface area contributed by atoms with Crippen LogP contribution < -0.4 is 10.7 Å². The van der Waals surface area contributed by atoms with E-state index in [0.29, 0.717) is 17.5 Å². The lowest BCUT2D eigenvalue weighted by Crippen LogP contribution is -2.40. The standard InChI is InChI=1S/C23H26N2O3S/c1-15-8-9-17-19(26)13-20(28-22(17)16(15)2)23(27)24-14-18(21-7-6-12-29-21)25-10-4-3-5-11-25/h6-9,12-13,18H,3-5,10-11,14H2,1-2H3,(H,24,27). The van der Waals surface area contributed by atoms with Crippen LogP contribution in [0.5, 0.6) is 0 Å². The van der Waals surface area contributed by atoms with E-state index in [0.717, 1.165) is 24.2 Å². The van der Waals surface area contributed by atoms with Gasteiger partial charge in [-0.2, -0.15) is 0 Å². The Hall–Kier alpha value is -2.44. The van der Waals surface area contributed by atoms with Crippen molar-refractivity contribution in [2.75, 3.05) is 19.6 Å². The number of aryl methyl sites for hydroxylation is 2. The molecule has 2 aromatic heterocycles. The Morgan fingerprint density at radius 2 is 2.00 bits per heavy atom. The number of nitrogens with zero attached hydrogens (tertiary/aromatic N) is 1. The van der Waals surface area contributed by atoms with Crippen LogP contribution in [0.25, 0.3) is 11.0 Å². The summed E-state index contributed by atoms with van der Waals surface area (Å²) in [7, 11) is 0. The number of carbonyl (C=O) groups excluding carboxylic acids is 1. The predicted octanol–water partition coefficient (Wildman–Crippen LogP) is 4.43. The topological polar surface area (TPSA) is 62.6 Å². The second-order valence-corrected chi connectivity index (χ2v) is 8.68. The Morgan fingerprint density at radius 3 is 2.72 bits per heavy atom. The normalized spacial score (nSPS) is 16.1. The minimum Gasteiger partial charge on any atom is -0.450 e. The molecule has 1 unspecified atom stereocenters. The van der Waals surface area contributed by atoms with E-state index in [4.69, 9.17) is 4.42 Å². The fourth-order valence-electron chi connectivity index (χ4n) is 3.96. The molecule has 1 amide bonds. The predicted molar refractivity (Wildman–Crippen MR) is 117 cm³/mol. The van der Waals surface area contributed by atoms with Gasteiger partial charge >= 0.3 is 0 Å². The third-order valence-electron chi connectivity index (χ3n) is 5.80. The molecule has 6 heteroatoms. The van der Waals surface area contributed by atoms with Gasteiger partial charge in [0.25, 0.3) is 5.91 Å². The summed E-state index contributed by atoms with van der Waals surface area (Å²) in [6, 6.07) is 9.28. The number of hydrogen-bond donors (Lipinski definition) is 1. The van der Waals surface area contributed by atoms with Crippen LogP contribution in [0.3, 0.4) is 0 Å². The number of thiophene rings is 1. The fraction of sp³-hybridized carbons (Fsp3) is 0.391. The van der Waals surface area contributed by atoms with Crippen LogP contribution in [-0.4, -0.2) is 30.4 Å². The number of fused-ring (bicyclic) bond motifs is 1. The highest BCUT2D eigenvalue weighted by molar-refractivity contribution is 7.10. The molecule has 3 heterocycles. The van der Waals surface area contributed by atoms with Crippen molar-refractivity contribution in [3.8, 4) is 0 Å². The highest BCUT2D eigenvalue weighted by Crippen LogP contribution is 2.27. The Morgan fingerprint density at radius 1 is 1.21 bits per heavy atom. The smallest absolute Gasteiger partial charge is 0.287 e. The van der Waals surface area contributed by atoms with Gasteiger partial charge in [0.15, 0.2) is 11.2 Å². The summed E-state index contributed by atoms with van der Waals surface area (Å²) in [5.41, 5.74) is 2.22. The molecule has 0 aliphatic carbocycles. The summed E-state index contributed by atoms with van der Waals surface area (Å²) in [6.45, 7) is 6.45. The largest absolute Gasteiger partial charge is 0.450 e. The van der Waals surface area contributed by atoms with E-state index in [9.17, 15) is 9.59 Å². The lowest BCUT2D eigenvalue weighted by Gasteiger charge is -2.34. The van der Waals surface area contributed by atoms with Crippen LogP contribution in [0.2, 0.25) is 0 Å². The SMILES string of the molecule is Cc1ccc2c(=O)cc(C(=O)NCC(c3cccs3)N3CCCCC3)oc2c1C. The zero-order valence-electron chi connectivity index (χ0n) is 16.9. The highest BCUT2D eigenvalue weighted by atomic mass is 32.1. The third kappa shape index (κ3) is 4.14. The van der Waals surface area contributed by atoms with Gasteiger partial charge in [-0.3, -0.25) is 14.5 Å². The van der Waals surface area contributed by atoms with E-state index in [1.165, 1.54) is 30.2 Å². The van der Waals surface area contributed by atoms with E-state index in [2.05, 4.69) is 21.7 Å².